The molecular formula is C20H16N2O7S. The Kier molecular flexibility index (Phi) is 6.07. The first kappa shape index (κ1) is 20.9. The number of carbonyl (C=O) groups excluding carboxylic acids is 1. The molecule has 10 heteroatoms. The Morgan fingerprint density at radius 3 is 2.40 bits per heavy atom. The standard InChI is InChI=1S/C20H16N2O7S/c1-2-29-15-5-10(3-4-14(15)23)6-16-17(24)22-20(30-16)21-13-8-11(18(25)26)7-12(9-13)19(27)28/h3-9,23H,2H2,1H3,(H,25,26)(H,27,28)(H,21,22,24)/b16-6-. The molecule has 0 spiro atoms. The van der Waals surface area contributed by atoms with Gasteiger partial charge in [0.05, 0.1) is 28.3 Å². The van der Waals surface area contributed by atoms with Crippen molar-refractivity contribution in [2.24, 2.45) is 4.99 Å². The van der Waals surface area contributed by atoms with Gasteiger partial charge in [0.15, 0.2) is 16.7 Å². The van der Waals surface area contributed by atoms with Gasteiger partial charge in [0.2, 0.25) is 0 Å². The molecule has 3 rings (SSSR count). The lowest BCUT2D eigenvalue weighted by molar-refractivity contribution is -0.115. The number of aromatic carboxylic acids is 2. The Labute approximate surface area is 174 Å². The fourth-order valence-corrected chi connectivity index (χ4v) is 3.41. The van der Waals surface area contributed by atoms with E-state index in [0.29, 0.717) is 17.1 Å². The lowest BCUT2D eigenvalue weighted by Gasteiger charge is -2.06. The number of aromatic hydroxyl groups is 1. The molecule has 1 aliphatic rings. The maximum Gasteiger partial charge on any atom is 0.335 e. The molecule has 0 aromatic heterocycles. The average Bonchev–Trinajstić information content (AvgIpc) is 3.03. The third-order valence-electron chi connectivity index (χ3n) is 3.87. The first-order valence-corrected chi connectivity index (χ1v) is 9.45. The highest BCUT2D eigenvalue weighted by molar-refractivity contribution is 8.18. The molecule has 1 heterocycles. The van der Waals surface area contributed by atoms with Gasteiger partial charge in [0.25, 0.3) is 5.91 Å². The smallest absolute Gasteiger partial charge is 0.335 e. The van der Waals surface area contributed by atoms with E-state index in [4.69, 9.17) is 14.9 Å². The Bertz CT molecular complexity index is 1080. The number of phenolic OH excluding ortho intramolecular Hbond substituents is 1. The number of carbonyl (C=O) groups is 3. The van der Waals surface area contributed by atoms with Crippen LogP contribution in [0.5, 0.6) is 11.5 Å². The van der Waals surface area contributed by atoms with Crippen LogP contribution in [0.1, 0.15) is 33.2 Å². The van der Waals surface area contributed by atoms with Crippen molar-refractivity contribution in [1.29, 1.82) is 0 Å². The van der Waals surface area contributed by atoms with Crippen LogP contribution in [0.2, 0.25) is 0 Å². The first-order chi connectivity index (χ1) is 14.3. The fraction of sp³-hybridized carbons (Fsp3) is 0.100. The predicted molar refractivity (Wildman–Crippen MR) is 110 cm³/mol. The van der Waals surface area contributed by atoms with Crippen LogP contribution in [0, 0.1) is 0 Å². The van der Waals surface area contributed by atoms with Crippen molar-refractivity contribution in [2.75, 3.05) is 6.61 Å². The molecule has 1 saturated heterocycles. The molecule has 0 unspecified atom stereocenters. The minimum Gasteiger partial charge on any atom is -0.504 e. The second kappa shape index (κ2) is 8.70. The van der Waals surface area contributed by atoms with Gasteiger partial charge in [-0.3, -0.25) is 4.79 Å². The van der Waals surface area contributed by atoms with E-state index in [-0.39, 0.29) is 33.5 Å². The van der Waals surface area contributed by atoms with Crippen molar-refractivity contribution >= 4 is 46.5 Å². The summed E-state index contributed by atoms with van der Waals surface area (Å²) in [6.45, 7) is 2.15. The molecule has 2 aromatic rings. The average molecular weight is 428 g/mol. The Balaban J connectivity index is 1.90. The number of nitrogens with one attached hydrogen (secondary N) is 1. The molecule has 0 bridgehead atoms. The Hall–Kier alpha value is -3.79. The van der Waals surface area contributed by atoms with Gasteiger partial charge in [-0.05, 0) is 60.7 Å². The van der Waals surface area contributed by atoms with Gasteiger partial charge in [-0.2, -0.15) is 0 Å². The maximum absolute atomic E-state index is 12.3. The van der Waals surface area contributed by atoms with Crippen molar-refractivity contribution in [2.45, 2.75) is 6.92 Å². The molecule has 0 aliphatic carbocycles. The predicted octanol–water partition coefficient (Wildman–Crippen LogP) is 3.08. The van der Waals surface area contributed by atoms with Crippen LogP contribution in [0.15, 0.2) is 46.3 Å². The number of amidine groups is 1. The molecule has 1 fully saturated rings. The van der Waals surface area contributed by atoms with E-state index in [0.717, 1.165) is 17.8 Å². The number of nitrogens with zero attached hydrogens (tertiary/aromatic N) is 1. The van der Waals surface area contributed by atoms with Gasteiger partial charge in [-0.1, -0.05) is 6.07 Å². The molecule has 9 nitrogen and oxygen atoms in total. The molecule has 0 radical (unpaired) electrons. The van der Waals surface area contributed by atoms with Gasteiger partial charge in [-0.25, -0.2) is 14.6 Å². The number of aliphatic imine (C=N–C) groups is 1. The third-order valence-corrected chi connectivity index (χ3v) is 4.78. The number of hydrogen-bond acceptors (Lipinski definition) is 7. The fourth-order valence-electron chi connectivity index (χ4n) is 2.56. The summed E-state index contributed by atoms with van der Waals surface area (Å²) >= 11 is 1.01. The second-order valence-corrected chi connectivity index (χ2v) is 7.05. The van der Waals surface area contributed by atoms with Crippen LogP contribution in [-0.4, -0.2) is 44.9 Å². The topological polar surface area (TPSA) is 146 Å². The minimum absolute atomic E-state index is 0.0164. The summed E-state index contributed by atoms with van der Waals surface area (Å²) in [7, 11) is 0. The van der Waals surface area contributed by atoms with Gasteiger partial charge >= 0.3 is 11.9 Å². The van der Waals surface area contributed by atoms with E-state index in [1.165, 1.54) is 18.2 Å². The largest absolute Gasteiger partial charge is 0.504 e. The lowest BCUT2D eigenvalue weighted by Crippen LogP contribution is -2.19. The van der Waals surface area contributed by atoms with Crippen LogP contribution in [0.3, 0.4) is 0 Å². The Morgan fingerprint density at radius 1 is 1.13 bits per heavy atom. The SMILES string of the molecule is CCOc1cc(/C=C2\SC(=Nc3cc(C(=O)O)cc(C(=O)O)c3)NC2=O)ccc1O. The molecule has 1 amide bonds. The zero-order chi connectivity index (χ0) is 21.8. The highest BCUT2D eigenvalue weighted by atomic mass is 32.2. The molecule has 0 atom stereocenters. The highest BCUT2D eigenvalue weighted by Crippen LogP contribution is 2.32. The van der Waals surface area contributed by atoms with Crippen LogP contribution in [0.4, 0.5) is 5.69 Å². The van der Waals surface area contributed by atoms with Gasteiger partial charge < -0.3 is 25.4 Å². The van der Waals surface area contributed by atoms with E-state index in [1.54, 1.807) is 25.1 Å². The number of benzene rings is 2. The van der Waals surface area contributed by atoms with E-state index < -0.39 is 17.8 Å². The lowest BCUT2D eigenvalue weighted by atomic mass is 10.1. The van der Waals surface area contributed by atoms with E-state index >= 15 is 0 Å². The normalized spacial score (nSPS) is 16.0. The molecular weight excluding hydrogens is 412 g/mol. The van der Waals surface area contributed by atoms with Crippen molar-refractivity contribution < 1.29 is 34.4 Å². The van der Waals surface area contributed by atoms with Crippen LogP contribution in [-0.2, 0) is 4.79 Å². The van der Waals surface area contributed by atoms with Crippen LogP contribution >= 0.6 is 11.8 Å². The summed E-state index contributed by atoms with van der Waals surface area (Å²) in [5.74, 6) is -2.73. The highest BCUT2D eigenvalue weighted by Gasteiger charge is 2.24. The van der Waals surface area contributed by atoms with Crippen LogP contribution < -0.4 is 10.1 Å². The minimum atomic E-state index is -1.29. The second-order valence-electron chi connectivity index (χ2n) is 6.02. The van der Waals surface area contributed by atoms with Crippen molar-refractivity contribution in [1.82, 2.24) is 5.32 Å². The Morgan fingerprint density at radius 2 is 1.80 bits per heavy atom. The zero-order valence-electron chi connectivity index (χ0n) is 15.6. The summed E-state index contributed by atoms with van der Waals surface area (Å²) in [5.41, 5.74) is 0.245. The summed E-state index contributed by atoms with van der Waals surface area (Å²) in [6.07, 6.45) is 1.58. The number of hydrogen-bond donors (Lipinski definition) is 4. The molecule has 4 N–H and O–H groups in total. The number of rotatable bonds is 6. The van der Waals surface area contributed by atoms with Gasteiger partial charge in [0, 0.05) is 0 Å². The number of phenols is 1. The summed E-state index contributed by atoms with van der Waals surface area (Å²) in [6, 6.07) is 8.11. The first-order valence-electron chi connectivity index (χ1n) is 8.64. The van der Waals surface area contributed by atoms with Gasteiger partial charge in [-0.15, -0.1) is 0 Å². The maximum atomic E-state index is 12.3. The molecule has 0 saturated carbocycles. The van der Waals surface area contributed by atoms with Crippen molar-refractivity contribution in [3.63, 3.8) is 0 Å². The summed E-state index contributed by atoms with van der Waals surface area (Å²) in [5, 5.41) is 30.8. The quantitative estimate of drug-likeness (QED) is 0.514. The molecule has 30 heavy (non-hydrogen) atoms. The number of carboxylic acid groups (broad SMARTS) is 2. The van der Waals surface area contributed by atoms with Crippen molar-refractivity contribution in [3.05, 3.63) is 58.0 Å². The number of amides is 1. The third kappa shape index (κ3) is 4.78. The van der Waals surface area contributed by atoms with Crippen molar-refractivity contribution in [3.8, 4) is 11.5 Å². The molecule has 2 aromatic carbocycles. The molecule has 1 aliphatic heterocycles. The zero-order valence-corrected chi connectivity index (χ0v) is 16.4. The van der Waals surface area contributed by atoms with Crippen LogP contribution in [0.25, 0.3) is 6.08 Å². The monoisotopic (exact) mass is 428 g/mol. The summed E-state index contributed by atoms with van der Waals surface area (Å²) in [4.78, 5) is 39.2. The number of ether oxygens (including phenoxy) is 1. The van der Waals surface area contributed by atoms with Gasteiger partial charge in [0.1, 0.15) is 0 Å². The van der Waals surface area contributed by atoms with E-state index in [1.807, 2.05) is 0 Å². The van der Waals surface area contributed by atoms with E-state index in [2.05, 4.69) is 10.3 Å². The molecule has 154 valence electrons. The summed E-state index contributed by atoms with van der Waals surface area (Å²) < 4.78 is 5.32. The van der Waals surface area contributed by atoms with E-state index in [9.17, 15) is 19.5 Å². The number of carboxylic acids is 2. The number of thioether (sulfide) groups is 1.